The molecule has 0 saturated carbocycles. The van der Waals surface area contributed by atoms with Gasteiger partial charge in [-0.3, -0.25) is 0 Å². The highest BCUT2D eigenvalue weighted by Gasteiger charge is 2.32. The van der Waals surface area contributed by atoms with E-state index in [2.05, 4.69) is 13.8 Å². The Balaban J connectivity index is 4.36. The average Bonchev–Trinajstić information content (AvgIpc) is 2.53. The Morgan fingerprint density at radius 2 is 1.00 bits per heavy atom. The van der Waals surface area contributed by atoms with E-state index in [1.165, 1.54) is 12.8 Å². The topological polar surface area (TPSA) is 74.6 Å². The molecular weight excluding hydrogens is 312 g/mol. The molecule has 2 atom stereocenters. The number of aliphatic hydroxyl groups is 2. The minimum absolute atomic E-state index is 0.331. The fourth-order valence-electron chi connectivity index (χ4n) is 2.94. The number of hydrogen-bond acceptors (Lipinski definition) is 4. The van der Waals surface area contributed by atoms with E-state index in [0.717, 1.165) is 51.4 Å². The van der Waals surface area contributed by atoms with Crippen LogP contribution in [-0.4, -0.2) is 42.3 Å². The van der Waals surface area contributed by atoms with Crippen LogP contribution in [0, 0.1) is 0 Å². The lowest BCUT2D eigenvalue weighted by atomic mass is 10.1. The first kappa shape index (κ1) is 22.9. The molecule has 5 heteroatoms. The monoisotopic (exact) mass is 350 g/mol. The second kappa shape index (κ2) is 14.2. The van der Waals surface area contributed by atoms with Crippen molar-refractivity contribution < 1.29 is 18.6 Å². The Kier molecular flexibility index (Phi) is 14.2. The molecule has 0 aromatic carbocycles. The number of sulfone groups is 1. The summed E-state index contributed by atoms with van der Waals surface area (Å²) in [7, 11) is -3.45. The van der Waals surface area contributed by atoms with Crippen molar-refractivity contribution in [2.45, 2.75) is 101 Å². The van der Waals surface area contributed by atoms with Gasteiger partial charge >= 0.3 is 0 Å². The van der Waals surface area contributed by atoms with Crippen molar-refractivity contribution in [3.8, 4) is 0 Å². The first-order valence-electron chi connectivity index (χ1n) is 9.48. The van der Waals surface area contributed by atoms with Gasteiger partial charge in [-0.2, -0.15) is 0 Å². The lowest BCUT2D eigenvalue weighted by Crippen LogP contribution is -2.36. The lowest BCUT2D eigenvalue weighted by Gasteiger charge is -2.22. The standard InChI is InChI=1S/C18H38O4S/c1-3-5-7-9-11-13-17(15-19)23(21,22)18(16-20)14-12-10-8-6-4-2/h17-20H,3-16H2,1-2H3. The smallest absolute Gasteiger partial charge is 0.160 e. The highest BCUT2D eigenvalue weighted by Crippen LogP contribution is 2.21. The zero-order valence-electron chi connectivity index (χ0n) is 15.2. The maximum atomic E-state index is 12.6. The maximum absolute atomic E-state index is 12.6. The van der Waals surface area contributed by atoms with E-state index in [4.69, 9.17) is 0 Å². The fraction of sp³-hybridized carbons (Fsp3) is 1.00. The van der Waals surface area contributed by atoms with Crippen LogP contribution in [0.1, 0.15) is 90.9 Å². The number of aliphatic hydroxyl groups excluding tert-OH is 2. The molecule has 0 bridgehead atoms. The Bertz CT molecular complexity index is 326. The van der Waals surface area contributed by atoms with Crippen LogP contribution in [0.25, 0.3) is 0 Å². The van der Waals surface area contributed by atoms with Gasteiger partial charge in [-0.15, -0.1) is 0 Å². The summed E-state index contributed by atoms with van der Waals surface area (Å²) in [5.74, 6) is 0. The van der Waals surface area contributed by atoms with Crippen LogP contribution in [0.15, 0.2) is 0 Å². The lowest BCUT2D eigenvalue weighted by molar-refractivity contribution is 0.269. The van der Waals surface area contributed by atoms with E-state index in [9.17, 15) is 18.6 Å². The molecule has 0 heterocycles. The molecule has 0 saturated heterocycles. The van der Waals surface area contributed by atoms with E-state index < -0.39 is 20.3 Å². The van der Waals surface area contributed by atoms with Crippen LogP contribution in [0.5, 0.6) is 0 Å². The maximum Gasteiger partial charge on any atom is 0.160 e. The van der Waals surface area contributed by atoms with Crippen molar-refractivity contribution in [1.29, 1.82) is 0 Å². The molecule has 0 aliphatic rings. The van der Waals surface area contributed by atoms with Gasteiger partial charge in [0.1, 0.15) is 0 Å². The first-order chi connectivity index (χ1) is 11.0. The van der Waals surface area contributed by atoms with Crippen LogP contribution < -0.4 is 0 Å². The molecule has 2 N–H and O–H groups in total. The second-order valence-electron chi connectivity index (χ2n) is 6.60. The molecule has 0 radical (unpaired) electrons. The summed E-state index contributed by atoms with van der Waals surface area (Å²) in [6, 6.07) is 0. The summed E-state index contributed by atoms with van der Waals surface area (Å²) in [5.41, 5.74) is 0. The van der Waals surface area contributed by atoms with E-state index in [0.29, 0.717) is 12.8 Å². The van der Waals surface area contributed by atoms with Crippen molar-refractivity contribution in [2.24, 2.45) is 0 Å². The average molecular weight is 351 g/mol. The number of rotatable bonds is 16. The molecular formula is C18H38O4S. The third kappa shape index (κ3) is 9.68. The fourth-order valence-corrected chi connectivity index (χ4v) is 4.89. The van der Waals surface area contributed by atoms with E-state index in [1.807, 2.05) is 0 Å². The van der Waals surface area contributed by atoms with E-state index in [-0.39, 0.29) is 13.2 Å². The molecule has 2 unspecified atom stereocenters. The largest absolute Gasteiger partial charge is 0.395 e. The van der Waals surface area contributed by atoms with Gasteiger partial charge in [-0.05, 0) is 12.8 Å². The molecule has 0 aliphatic carbocycles. The van der Waals surface area contributed by atoms with Gasteiger partial charge in [0.15, 0.2) is 9.84 Å². The molecule has 0 rings (SSSR count). The van der Waals surface area contributed by atoms with Crippen molar-refractivity contribution in [2.75, 3.05) is 13.2 Å². The summed E-state index contributed by atoms with van der Waals surface area (Å²) < 4.78 is 25.2. The number of unbranched alkanes of at least 4 members (excludes halogenated alkanes) is 8. The van der Waals surface area contributed by atoms with Crippen LogP contribution in [0.4, 0.5) is 0 Å². The molecule has 0 amide bonds. The number of hydrogen-bond donors (Lipinski definition) is 2. The van der Waals surface area contributed by atoms with Gasteiger partial charge in [0.2, 0.25) is 0 Å². The zero-order chi connectivity index (χ0) is 17.6. The van der Waals surface area contributed by atoms with Crippen LogP contribution in [-0.2, 0) is 9.84 Å². The molecule has 23 heavy (non-hydrogen) atoms. The summed E-state index contributed by atoms with van der Waals surface area (Å²) >= 11 is 0. The van der Waals surface area contributed by atoms with Gasteiger partial charge < -0.3 is 10.2 Å². The summed E-state index contributed by atoms with van der Waals surface area (Å²) in [6.07, 6.45) is 11.6. The van der Waals surface area contributed by atoms with Crippen molar-refractivity contribution in [1.82, 2.24) is 0 Å². The van der Waals surface area contributed by atoms with Gasteiger partial charge in [-0.25, -0.2) is 8.42 Å². The third-order valence-electron chi connectivity index (χ3n) is 4.60. The normalized spacial score (nSPS) is 14.8. The predicted octanol–water partition coefficient (Wildman–Crippen LogP) is 3.84. The summed E-state index contributed by atoms with van der Waals surface area (Å²) in [4.78, 5) is 0. The van der Waals surface area contributed by atoms with Gasteiger partial charge in [0.05, 0.1) is 23.7 Å². The molecule has 0 aromatic heterocycles. The SMILES string of the molecule is CCCCCCCC(CO)S(=O)(=O)C(CO)CCCCCCC. The predicted molar refractivity (Wildman–Crippen MR) is 97.4 cm³/mol. The Labute approximate surface area is 143 Å². The third-order valence-corrected chi connectivity index (χ3v) is 7.22. The van der Waals surface area contributed by atoms with E-state index in [1.54, 1.807) is 0 Å². The van der Waals surface area contributed by atoms with Gasteiger partial charge in [0, 0.05) is 0 Å². The minimum Gasteiger partial charge on any atom is -0.395 e. The highest BCUT2D eigenvalue weighted by atomic mass is 32.2. The first-order valence-corrected chi connectivity index (χ1v) is 11.1. The Hall–Kier alpha value is -0.130. The van der Waals surface area contributed by atoms with Crippen molar-refractivity contribution in [3.05, 3.63) is 0 Å². The van der Waals surface area contributed by atoms with E-state index >= 15 is 0 Å². The van der Waals surface area contributed by atoms with Crippen molar-refractivity contribution in [3.63, 3.8) is 0 Å². The molecule has 4 nitrogen and oxygen atoms in total. The zero-order valence-corrected chi connectivity index (χ0v) is 16.0. The Morgan fingerprint density at radius 1 is 0.652 bits per heavy atom. The minimum atomic E-state index is -3.45. The second-order valence-corrected chi connectivity index (χ2v) is 9.12. The van der Waals surface area contributed by atoms with Gasteiger partial charge in [0.25, 0.3) is 0 Å². The highest BCUT2D eigenvalue weighted by molar-refractivity contribution is 7.92. The molecule has 0 spiro atoms. The summed E-state index contributed by atoms with van der Waals surface area (Å²) in [5, 5.41) is 17.6. The van der Waals surface area contributed by atoms with Crippen molar-refractivity contribution >= 4 is 9.84 Å². The molecule has 140 valence electrons. The molecule has 0 fully saturated rings. The van der Waals surface area contributed by atoms with Crippen LogP contribution in [0.3, 0.4) is 0 Å². The van der Waals surface area contributed by atoms with Gasteiger partial charge in [-0.1, -0.05) is 78.1 Å². The van der Waals surface area contributed by atoms with Crippen LogP contribution >= 0.6 is 0 Å². The Morgan fingerprint density at radius 3 is 1.30 bits per heavy atom. The molecule has 0 aliphatic heterocycles. The molecule has 0 aromatic rings. The van der Waals surface area contributed by atoms with Crippen LogP contribution in [0.2, 0.25) is 0 Å². The summed E-state index contributed by atoms with van der Waals surface area (Å²) in [6.45, 7) is 3.63. The quantitative estimate of drug-likeness (QED) is 0.415.